The van der Waals surface area contributed by atoms with Crippen LogP contribution >= 0.6 is 11.6 Å². The summed E-state index contributed by atoms with van der Waals surface area (Å²) in [5.74, 6) is -0.155. The van der Waals surface area contributed by atoms with Gasteiger partial charge in [-0.2, -0.15) is 0 Å². The second kappa shape index (κ2) is 10.9. The number of hydrogen-bond donors (Lipinski definition) is 2. The smallest absolute Gasteiger partial charge is 0.234 e. The van der Waals surface area contributed by atoms with Crippen LogP contribution in [0.5, 0.6) is 0 Å². The van der Waals surface area contributed by atoms with Crippen molar-refractivity contribution in [1.82, 2.24) is 24.8 Å². The van der Waals surface area contributed by atoms with Gasteiger partial charge in [0.05, 0.1) is 47.1 Å². The summed E-state index contributed by atoms with van der Waals surface area (Å²) in [5.41, 5.74) is 3.08. The molecule has 13 heteroatoms. The zero-order valence-electron chi connectivity index (χ0n) is 19.6. The molecule has 0 aliphatic carbocycles. The number of fused-ring (bicyclic) bond motifs is 1. The van der Waals surface area contributed by atoms with Gasteiger partial charge in [0.1, 0.15) is 17.7 Å². The van der Waals surface area contributed by atoms with Gasteiger partial charge in [0.15, 0.2) is 5.82 Å². The van der Waals surface area contributed by atoms with Gasteiger partial charge < -0.3 is 10.1 Å². The van der Waals surface area contributed by atoms with Crippen LogP contribution in [0.1, 0.15) is 0 Å². The minimum absolute atomic E-state index is 0.0210. The van der Waals surface area contributed by atoms with Crippen molar-refractivity contribution in [1.29, 1.82) is 0 Å². The Morgan fingerprint density at radius 1 is 1.05 bits per heavy atom. The summed E-state index contributed by atoms with van der Waals surface area (Å²) in [6.45, 7) is 3.08. The van der Waals surface area contributed by atoms with E-state index >= 15 is 0 Å². The number of hydrogen-bond acceptors (Lipinski definition) is 9. The maximum Gasteiger partial charge on any atom is 0.234 e. The molecule has 0 atom stereocenters. The first kappa shape index (κ1) is 25.2. The summed E-state index contributed by atoms with van der Waals surface area (Å²) < 4.78 is 46.8. The maximum absolute atomic E-state index is 13.5. The van der Waals surface area contributed by atoms with E-state index < -0.39 is 15.8 Å². The molecule has 0 radical (unpaired) electrons. The molecule has 4 heterocycles. The van der Waals surface area contributed by atoms with Crippen LogP contribution in [-0.2, 0) is 14.8 Å². The Hall–Kier alpha value is -3.45. The Bertz CT molecular complexity index is 1530. The molecule has 1 fully saturated rings. The highest BCUT2D eigenvalue weighted by molar-refractivity contribution is 7.92. The fourth-order valence-electron chi connectivity index (χ4n) is 3.84. The third kappa shape index (κ3) is 6.28. The van der Waals surface area contributed by atoms with E-state index in [9.17, 15) is 12.8 Å². The topological polar surface area (TPSA) is 122 Å². The van der Waals surface area contributed by atoms with Crippen molar-refractivity contribution in [2.24, 2.45) is 0 Å². The van der Waals surface area contributed by atoms with E-state index in [2.05, 4.69) is 34.9 Å². The molecule has 3 aromatic heterocycles. The van der Waals surface area contributed by atoms with Gasteiger partial charge in [0.25, 0.3) is 0 Å². The number of ether oxygens (including phenoxy) is 1. The van der Waals surface area contributed by atoms with E-state index in [4.69, 9.17) is 16.3 Å². The molecule has 4 aromatic rings. The zero-order valence-corrected chi connectivity index (χ0v) is 21.1. The molecule has 5 rings (SSSR count). The lowest BCUT2D eigenvalue weighted by molar-refractivity contribution is 0.0408. The molecule has 1 saturated heterocycles. The molecule has 10 nitrogen and oxygen atoms in total. The van der Waals surface area contributed by atoms with E-state index in [-0.39, 0.29) is 10.8 Å². The number of halogens is 2. The number of nitrogens with zero attached hydrogens (tertiary/aromatic N) is 5. The molecular formula is C24H23ClFN7O3S. The highest BCUT2D eigenvalue weighted by Gasteiger charge is 2.17. The number of anilines is 3. The summed E-state index contributed by atoms with van der Waals surface area (Å²) in [6, 6.07) is 9.46. The zero-order chi connectivity index (χ0) is 25.8. The number of aromatic nitrogens is 4. The second-order valence-corrected chi connectivity index (χ2v) is 10.6. The summed E-state index contributed by atoms with van der Waals surface area (Å²) in [5, 5.41) is 3.07. The first-order valence-electron chi connectivity index (χ1n) is 11.5. The lowest BCUT2D eigenvalue weighted by Gasteiger charge is -2.26. The Morgan fingerprint density at radius 2 is 1.89 bits per heavy atom. The molecule has 0 spiro atoms. The number of morpholine rings is 1. The highest BCUT2D eigenvalue weighted by atomic mass is 35.5. The highest BCUT2D eigenvalue weighted by Crippen LogP contribution is 2.28. The molecule has 0 unspecified atom stereocenters. The van der Waals surface area contributed by atoms with Crippen LogP contribution in [0.3, 0.4) is 0 Å². The van der Waals surface area contributed by atoms with Crippen LogP contribution in [0.15, 0.2) is 55.1 Å². The first-order valence-corrected chi connectivity index (χ1v) is 13.5. The molecular weight excluding hydrogens is 521 g/mol. The molecule has 0 saturated carbocycles. The minimum atomic E-state index is -3.58. The summed E-state index contributed by atoms with van der Waals surface area (Å²) >= 11 is 5.90. The van der Waals surface area contributed by atoms with Crippen molar-refractivity contribution in [3.8, 4) is 11.3 Å². The van der Waals surface area contributed by atoms with Gasteiger partial charge in [-0.05, 0) is 36.4 Å². The maximum atomic E-state index is 13.5. The van der Waals surface area contributed by atoms with Crippen molar-refractivity contribution < 1.29 is 17.5 Å². The Kier molecular flexibility index (Phi) is 7.42. The van der Waals surface area contributed by atoms with Gasteiger partial charge in [-0.25, -0.2) is 27.8 Å². The van der Waals surface area contributed by atoms with E-state index in [0.717, 1.165) is 13.1 Å². The van der Waals surface area contributed by atoms with Gasteiger partial charge >= 0.3 is 0 Å². The number of sulfonamides is 1. The monoisotopic (exact) mass is 543 g/mol. The van der Waals surface area contributed by atoms with Gasteiger partial charge in [-0.1, -0.05) is 11.6 Å². The molecule has 2 N–H and O–H groups in total. The number of benzene rings is 1. The van der Waals surface area contributed by atoms with Gasteiger partial charge in [0.2, 0.25) is 10.0 Å². The summed E-state index contributed by atoms with van der Waals surface area (Å²) in [6.07, 6.45) is 4.44. The first-order chi connectivity index (χ1) is 17.9. The molecule has 37 heavy (non-hydrogen) atoms. The van der Waals surface area contributed by atoms with Crippen molar-refractivity contribution in [2.45, 2.75) is 0 Å². The Labute approximate surface area is 217 Å². The average molecular weight is 544 g/mol. The van der Waals surface area contributed by atoms with Crippen LogP contribution < -0.4 is 10.0 Å². The predicted octanol–water partition coefficient (Wildman–Crippen LogP) is 3.70. The van der Waals surface area contributed by atoms with Gasteiger partial charge in [-0.3, -0.25) is 14.6 Å². The molecule has 1 aliphatic rings. The Morgan fingerprint density at radius 3 is 2.70 bits per heavy atom. The minimum Gasteiger partial charge on any atom is -0.379 e. The van der Waals surface area contributed by atoms with E-state index in [1.807, 2.05) is 0 Å². The average Bonchev–Trinajstić information content (AvgIpc) is 2.90. The number of pyridine rings is 2. The summed E-state index contributed by atoms with van der Waals surface area (Å²) in [4.78, 5) is 19.5. The fourth-order valence-corrected chi connectivity index (χ4v) is 5.10. The largest absolute Gasteiger partial charge is 0.379 e. The fraction of sp³-hybridized carbons (Fsp3) is 0.250. The predicted molar refractivity (Wildman–Crippen MR) is 140 cm³/mol. The van der Waals surface area contributed by atoms with E-state index in [1.54, 1.807) is 24.4 Å². The van der Waals surface area contributed by atoms with E-state index in [1.165, 1.54) is 30.7 Å². The summed E-state index contributed by atoms with van der Waals surface area (Å²) in [7, 11) is -3.58. The molecule has 1 aromatic carbocycles. The van der Waals surface area contributed by atoms with Gasteiger partial charge in [-0.15, -0.1) is 0 Å². The Balaban J connectivity index is 1.36. The van der Waals surface area contributed by atoms with Crippen molar-refractivity contribution in [2.75, 3.05) is 48.6 Å². The van der Waals surface area contributed by atoms with Crippen LogP contribution in [0.2, 0.25) is 5.02 Å². The molecule has 0 amide bonds. The SMILES string of the molecule is O=S(=O)(CCN1CCOCC1)Nc1cncc(-c2ccc3ncnc(Nc4ccc(F)c(Cl)c4)c3n2)c1. The lowest BCUT2D eigenvalue weighted by atomic mass is 10.1. The van der Waals surface area contributed by atoms with E-state index in [0.29, 0.717) is 59.2 Å². The molecule has 1 aliphatic heterocycles. The van der Waals surface area contributed by atoms with Crippen molar-refractivity contribution >= 4 is 49.9 Å². The number of rotatable bonds is 8. The van der Waals surface area contributed by atoms with Crippen molar-refractivity contribution in [3.05, 3.63) is 66.0 Å². The second-order valence-electron chi connectivity index (χ2n) is 8.38. The van der Waals surface area contributed by atoms with Crippen molar-refractivity contribution in [3.63, 3.8) is 0 Å². The molecule has 192 valence electrons. The van der Waals surface area contributed by atoms with Crippen LogP contribution in [0, 0.1) is 5.82 Å². The van der Waals surface area contributed by atoms with Crippen LogP contribution in [-0.4, -0.2) is 71.9 Å². The third-order valence-electron chi connectivity index (χ3n) is 5.75. The third-order valence-corrected chi connectivity index (χ3v) is 7.31. The van der Waals surface area contributed by atoms with Crippen LogP contribution in [0.25, 0.3) is 22.3 Å². The standard InChI is InChI=1S/C24H23ClFN7O3S/c25-19-12-17(1-2-20(19)26)30-24-23-22(28-15-29-24)4-3-21(31-23)16-11-18(14-27-13-16)32-37(34,35)10-7-33-5-8-36-9-6-33/h1-4,11-15,32H,5-10H2,(H,28,29,30). The molecule has 0 bridgehead atoms. The number of nitrogens with one attached hydrogen (secondary N) is 2. The normalized spacial score (nSPS) is 14.5. The van der Waals surface area contributed by atoms with Crippen LogP contribution in [0.4, 0.5) is 21.6 Å². The quantitative estimate of drug-likeness (QED) is 0.342. The van der Waals surface area contributed by atoms with Gasteiger partial charge in [0, 0.05) is 37.1 Å². The lowest BCUT2D eigenvalue weighted by Crippen LogP contribution is -2.39.